The van der Waals surface area contributed by atoms with Crippen molar-refractivity contribution in [3.05, 3.63) is 0 Å². The summed E-state index contributed by atoms with van der Waals surface area (Å²) in [5, 5.41) is 10.4. The molecule has 3 nitrogen and oxygen atoms in total. The van der Waals surface area contributed by atoms with Gasteiger partial charge in [0.1, 0.15) is 0 Å². The van der Waals surface area contributed by atoms with Crippen LogP contribution in [0.1, 0.15) is 20.8 Å². The average molecular weight is 176 g/mol. The van der Waals surface area contributed by atoms with Crippen LogP contribution in [0.3, 0.4) is 0 Å². The monoisotopic (exact) mass is 176 g/mol. The third kappa shape index (κ3) is 3.09. The van der Waals surface area contributed by atoms with Crippen molar-refractivity contribution >= 4 is 0 Å². The Bertz CT molecular complexity index is 94.7. The molecule has 1 heterocycles. The van der Waals surface area contributed by atoms with Crippen molar-refractivity contribution in [3.8, 4) is 0 Å². The fourth-order valence-corrected chi connectivity index (χ4v) is 1.55. The first-order valence-electron chi connectivity index (χ1n) is 4.04. The number of hydrogen-bond acceptors (Lipinski definition) is 3. The lowest BCUT2D eigenvalue weighted by Gasteiger charge is -2.48. The molecule has 0 aromatic carbocycles. The first kappa shape index (κ1) is 14.4. The number of rotatable bonds is 2. The molecule has 1 aliphatic heterocycles. The predicted octanol–water partition coefficient (Wildman–Crippen LogP) is 0.545. The lowest BCUT2D eigenvalue weighted by atomic mass is 9.88. The van der Waals surface area contributed by atoms with Crippen LogP contribution >= 0.6 is 0 Å². The highest BCUT2D eigenvalue weighted by Crippen LogP contribution is 2.21. The molecular formula is C9H24N2O. The van der Waals surface area contributed by atoms with Crippen LogP contribution in [0.4, 0.5) is 0 Å². The summed E-state index contributed by atoms with van der Waals surface area (Å²) in [6, 6.07) is 0. The Kier molecular flexibility index (Phi) is 7.69. The van der Waals surface area contributed by atoms with Crippen molar-refractivity contribution < 1.29 is 5.11 Å². The second-order valence-electron chi connectivity index (χ2n) is 3.06. The summed E-state index contributed by atoms with van der Waals surface area (Å²) in [6.45, 7) is 4.66. The van der Waals surface area contributed by atoms with Crippen molar-refractivity contribution in [1.82, 2.24) is 10.2 Å². The molecule has 0 unspecified atom stereocenters. The lowest BCUT2D eigenvalue weighted by Crippen LogP contribution is -2.66. The molecule has 1 saturated heterocycles. The molecule has 1 fully saturated rings. The van der Waals surface area contributed by atoms with E-state index in [0.717, 1.165) is 7.11 Å². The van der Waals surface area contributed by atoms with Crippen molar-refractivity contribution in [2.24, 2.45) is 0 Å². The quantitative estimate of drug-likeness (QED) is 0.645. The zero-order valence-corrected chi connectivity index (χ0v) is 8.02. The van der Waals surface area contributed by atoms with Gasteiger partial charge < -0.3 is 15.3 Å². The van der Waals surface area contributed by atoms with E-state index in [2.05, 4.69) is 31.2 Å². The molecule has 0 aromatic rings. The Morgan fingerprint density at radius 2 is 1.83 bits per heavy atom. The molecule has 0 saturated carbocycles. The summed E-state index contributed by atoms with van der Waals surface area (Å²) in [5.41, 5.74) is 0.453. The highest BCUT2D eigenvalue weighted by Gasteiger charge is 2.37. The fourth-order valence-electron chi connectivity index (χ4n) is 1.55. The van der Waals surface area contributed by atoms with Gasteiger partial charge >= 0.3 is 0 Å². The van der Waals surface area contributed by atoms with E-state index in [9.17, 15) is 0 Å². The van der Waals surface area contributed by atoms with Crippen LogP contribution in [0.2, 0.25) is 0 Å². The van der Waals surface area contributed by atoms with E-state index in [1.807, 2.05) is 0 Å². The van der Waals surface area contributed by atoms with Gasteiger partial charge in [-0.2, -0.15) is 0 Å². The van der Waals surface area contributed by atoms with Gasteiger partial charge in [0, 0.05) is 25.7 Å². The van der Waals surface area contributed by atoms with Gasteiger partial charge in [-0.05, 0) is 20.5 Å². The second-order valence-corrected chi connectivity index (χ2v) is 3.06. The topological polar surface area (TPSA) is 35.5 Å². The highest BCUT2D eigenvalue weighted by atomic mass is 16.2. The fraction of sp³-hybridized carbons (Fsp3) is 1.00. The average Bonchev–Trinajstić information content (AvgIpc) is 2.02. The van der Waals surface area contributed by atoms with E-state index < -0.39 is 0 Å². The molecule has 1 rings (SSSR count). The van der Waals surface area contributed by atoms with Crippen LogP contribution in [0, 0.1) is 0 Å². The van der Waals surface area contributed by atoms with Crippen LogP contribution in [-0.2, 0) is 0 Å². The molecule has 0 aromatic heterocycles. The minimum absolute atomic E-state index is 0. The van der Waals surface area contributed by atoms with Crippen LogP contribution in [0.5, 0.6) is 0 Å². The molecule has 0 amide bonds. The van der Waals surface area contributed by atoms with Gasteiger partial charge in [0.25, 0.3) is 0 Å². The van der Waals surface area contributed by atoms with E-state index in [1.54, 1.807) is 0 Å². The molecule has 0 spiro atoms. The SMILES string of the molecule is C.CCC1(NC)CN(C)C1.CO. The van der Waals surface area contributed by atoms with Gasteiger partial charge in [0.15, 0.2) is 0 Å². The summed E-state index contributed by atoms with van der Waals surface area (Å²) in [4.78, 5) is 2.33. The summed E-state index contributed by atoms with van der Waals surface area (Å²) < 4.78 is 0. The Hall–Kier alpha value is -0.120. The molecule has 0 aliphatic carbocycles. The van der Waals surface area contributed by atoms with Crippen molar-refractivity contribution in [1.29, 1.82) is 0 Å². The Morgan fingerprint density at radius 1 is 1.42 bits per heavy atom. The van der Waals surface area contributed by atoms with Crippen LogP contribution in [-0.4, -0.2) is 49.8 Å². The van der Waals surface area contributed by atoms with Crippen LogP contribution in [0.15, 0.2) is 0 Å². The van der Waals surface area contributed by atoms with Gasteiger partial charge in [-0.1, -0.05) is 14.4 Å². The summed E-state index contributed by atoms with van der Waals surface area (Å²) >= 11 is 0. The first-order chi connectivity index (χ1) is 5.22. The lowest BCUT2D eigenvalue weighted by molar-refractivity contribution is 0.0690. The molecule has 12 heavy (non-hydrogen) atoms. The van der Waals surface area contributed by atoms with Gasteiger partial charge in [0.2, 0.25) is 0 Å². The van der Waals surface area contributed by atoms with Crippen LogP contribution in [0.25, 0.3) is 0 Å². The Balaban J connectivity index is 0. The van der Waals surface area contributed by atoms with Crippen molar-refractivity contribution in [3.63, 3.8) is 0 Å². The second kappa shape index (κ2) is 6.40. The summed E-state index contributed by atoms with van der Waals surface area (Å²) in [7, 11) is 5.21. The molecular weight excluding hydrogens is 152 g/mol. The number of hydrogen-bond donors (Lipinski definition) is 2. The van der Waals surface area contributed by atoms with Gasteiger partial charge in [-0.15, -0.1) is 0 Å². The number of aliphatic hydroxyl groups excluding tert-OH is 1. The number of nitrogens with zero attached hydrogens (tertiary/aromatic N) is 1. The molecule has 1 aliphatic rings. The molecule has 0 atom stereocenters. The van der Waals surface area contributed by atoms with E-state index in [0.29, 0.717) is 5.54 Å². The molecule has 0 radical (unpaired) electrons. The molecule has 2 N–H and O–H groups in total. The number of likely N-dealkylation sites (tertiary alicyclic amines) is 1. The zero-order chi connectivity index (χ0) is 8.91. The van der Waals surface area contributed by atoms with Gasteiger partial charge in [0.05, 0.1) is 0 Å². The first-order valence-corrected chi connectivity index (χ1v) is 4.04. The van der Waals surface area contributed by atoms with E-state index >= 15 is 0 Å². The molecule has 0 bridgehead atoms. The largest absolute Gasteiger partial charge is 0.400 e. The van der Waals surface area contributed by atoms with Crippen molar-refractivity contribution in [2.75, 3.05) is 34.3 Å². The maximum absolute atomic E-state index is 7.00. The minimum Gasteiger partial charge on any atom is -0.400 e. The standard InChI is InChI=1S/C7H16N2.CH4O.CH4/c1-4-7(8-2)5-9(3)6-7;1-2;/h8H,4-6H2,1-3H3;2H,1H3;1H4. The Labute approximate surface area is 76.8 Å². The normalized spacial score (nSPS) is 19.8. The number of nitrogens with one attached hydrogen (secondary N) is 1. The number of likely N-dealkylation sites (N-methyl/N-ethyl adjacent to an activating group) is 2. The van der Waals surface area contributed by atoms with Gasteiger partial charge in [-0.3, -0.25) is 0 Å². The Morgan fingerprint density at radius 3 is 1.92 bits per heavy atom. The van der Waals surface area contributed by atoms with Crippen LogP contribution < -0.4 is 5.32 Å². The minimum atomic E-state index is 0. The van der Waals surface area contributed by atoms with E-state index in [4.69, 9.17) is 5.11 Å². The summed E-state index contributed by atoms with van der Waals surface area (Å²) in [5.74, 6) is 0. The highest BCUT2D eigenvalue weighted by molar-refractivity contribution is 4.99. The van der Waals surface area contributed by atoms with Crippen molar-refractivity contribution in [2.45, 2.75) is 26.3 Å². The van der Waals surface area contributed by atoms with Gasteiger partial charge in [-0.25, -0.2) is 0 Å². The molecule has 76 valence electrons. The molecule has 3 heteroatoms. The third-order valence-electron chi connectivity index (χ3n) is 2.35. The maximum atomic E-state index is 7.00. The van der Waals surface area contributed by atoms with E-state index in [-0.39, 0.29) is 7.43 Å². The maximum Gasteiger partial charge on any atom is 0.0432 e. The number of aliphatic hydroxyl groups is 1. The smallest absolute Gasteiger partial charge is 0.0432 e. The predicted molar refractivity (Wildman–Crippen MR) is 54.5 cm³/mol. The zero-order valence-electron chi connectivity index (χ0n) is 8.02. The summed E-state index contributed by atoms with van der Waals surface area (Å²) in [6.07, 6.45) is 1.24. The van der Waals surface area contributed by atoms with E-state index in [1.165, 1.54) is 19.5 Å². The third-order valence-corrected chi connectivity index (χ3v) is 2.35.